The summed E-state index contributed by atoms with van der Waals surface area (Å²) in [6.07, 6.45) is 2.19. The second kappa shape index (κ2) is 3.95. The molecule has 3 atom stereocenters. The zero-order valence-corrected chi connectivity index (χ0v) is 8.37. The first kappa shape index (κ1) is 9.44. The van der Waals surface area contributed by atoms with Crippen molar-refractivity contribution in [3.05, 3.63) is 0 Å². The van der Waals surface area contributed by atoms with Crippen LogP contribution in [0.5, 0.6) is 0 Å². The van der Waals surface area contributed by atoms with Gasteiger partial charge in [0.15, 0.2) is 0 Å². The largest absolute Gasteiger partial charge is 0.392 e. The van der Waals surface area contributed by atoms with Crippen LogP contribution in [-0.2, 0) is 0 Å². The van der Waals surface area contributed by atoms with Gasteiger partial charge in [0.25, 0.3) is 0 Å². The van der Waals surface area contributed by atoms with Gasteiger partial charge in [-0.15, -0.1) is 0 Å². The quantitative estimate of drug-likeness (QED) is 0.636. The van der Waals surface area contributed by atoms with Gasteiger partial charge < -0.3 is 10.4 Å². The number of aliphatic hydroxyl groups excluding tert-OH is 1. The van der Waals surface area contributed by atoms with Gasteiger partial charge in [0.05, 0.1) is 6.10 Å². The third kappa shape index (κ3) is 2.03. The average molecular weight is 184 g/mol. The highest BCUT2D eigenvalue weighted by Crippen LogP contribution is 2.21. The molecule has 0 spiro atoms. The molecule has 0 radical (unpaired) electrons. The third-order valence-corrected chi connectivity index (χ3v) is 3.55. The molecule has 3 heteroatoms. The van der Waals surface area contributed by atoms with E-state index in [4.69, 9.17) is 0 Å². The molecule has 0 unspecified atom stereocenters. The molecule has 13 heavy (non-hydrogen) atoms. The Labute approximate surface area is 80.1 Å². The lowest BCUT2D eigenvalue weighted by molar-refractivity contribution is 0.145. The van der Waals surface area contributed by atoms with E-state index >= 15 is 0 Å². The van der Waals surface area contributed by atoms with Gasteiger partial charge in [-0.05, 0) is 38.8 Å². The van der Waals surface area contributed by atoms with Gasteiger partial charge in [-0.3, -0.25) is 4.90 Å². The molecule has 2 heterocycles. The normalized spacial score (nSPS) is 38.3. The van der Waals surface area contributed by atoms with E-state index in [-0.39, 0.29) is 6.10 Å². The van der Waals surface area contributed by atoms with Crippen molar-refractivity contribution >= 4 is 0 Å². The molecule has 0 aromatic heterocycles. The molecule has 2 rings (SSSR count). The molecule has 0 amide bonds. The molecule has 0 aromatic carbocycles. The number of aliphatic hydroxyl groups is 1. The smallest absolute Gasteiger partial charge is 0.0679 e. The summed E-state index contributed by atoms with van der Waals surface area (Å²) in [7, 11) is 0. The third-order valence-electron chi connectivity index (χ3n) is 3.55. The highest BCUT2D eigenvalue weighted by atomic mass is 16.3. The maximum absolute atomic E-state index is 9.43. The Kier molecular flexibility index (Phi) is 2.86. The van der Waals surface area contributed by atoms with Crippen LogP contribution in [0.3, 0.4) is 0 Å². The summed E-state index contributed by atoms with van der Waals surface area (Å²) in [4.78, 5) is 2.43. The Morgan fingerprint density at radius 3 is 2.85 bits per heavy atom. The predicted molar refractivity (Wildman–Crippen MR) is 52.6 cm³/mol. The molecule has 2 N–H and O–H groups in total. The molecule has 3 nitrogen and oxygen atoms in total. The molecule has 2 fully saturated rings. The van der Waals surface area contributed by atoms with Crippen molar-refractivity contribution in [2.75, 3.05) is 26.2 Å². The van der Waals surface area contributed by atoms with Crippen molar-refractivity contribution in [3.63, 3.8) is 0 Å². The minimum absolute atomic E-state index is 0.0724. The Balaban J connectivity index is 1.85. The lowest BCUT2D eigenvalue weighted by atomic mass is 9.99. The molecular weight excluding hydrogens is 164 g/mol. The van der Waals surface area contributed by atoms with E-state index < -0.39 is 0 Å². The number of β-amino-alcohol motifs (C(OH)–C–C–N with tert-alkyl or cyclic N) is 1. The van der Waals surface area contributed by atoms with Crippen LogP contribution in [0.4, 0.5) is 0 Å². The fourth-order valence-corrected chi connectivity index (χ4v) is 2.52. The zero-order chi connectivity index (χ0) is 9.26. The monoisotopic (exact) mass is 184 g/mol. The van der Waals surface area contributed by atoms with Crippen molar-refractivity contribution in [1.82, 2.24) is 10.2 Å². The summed E-state index contributed by atoms with van der Waals surface area (Å²) >= 11 is 0. The Bertz CT molecular complexity index is 168. The van der Waals surface area contributed by atoms with E-state index in [1.165, 1.54) is 13.0 Å². The predicted octanol–water partition coefficient (Wildman–Crippen LogP) is 0.0510. The van der Waals surface area contributed by atoms with E-state index in [1.54, 1.807) is 0 Å². The maximum Gasteiger partial charge on any atom is 0.0679 e. The Hall–Kier alpha value is -0.120. The van der Waals surface area contributed by atoms with Crippen LogP contribution in [0.1, 0.15) is 19.8 Å². The van der Waals surface area contributed by atoms with Gasteiger partial charge in [-0.1, -0.05) is 0 Å². The summed E-state index contributed by atoms with van der Waals surface area (Å²) < 4.78 is 0. The van der Waals surface area contributed by atoms with Crippen LogP contribution in [-0.4, -0.2) is 48.3 Å². The van der Waals surface area contributed by atoms with Gasteiger partial charge in [-0.25, -0.2) is 0 Å². The standard InChI is InChI=1S/C10H20N2O/c1-8(9-2-4-11-6-9)12-5-3-10(13)7-12/h8-11,13H,2-7H2,1H3/t8-,9+,10-/m1/s1. The first-order valence-corrected chi connectivity index (χ1v) is 5.40. The van der Waals surface area contributed by atoms with Crippen molar-refractivity contribution in [2.24, 2.45) is 5.92 Å². The molecular formula is C10H20N2O. The first-order valence-electron chi connectivity index (χ1n) is 5.40. The fourth-order valence-electron chi connectivity index (χ4n) is 2.52. The van der Waals surface area contributed by atoms with E-state index in [1.807, 2.05) is 0 Å². The van der Waals surface area contributed by atoms with Crippen molar-refractivity contribution in [1.29, 1.82) is 0 Å². The lowest BCUT2D eigenvalue weighted by Gasteiger charge is -2.28. The van der Waals surface area contributed by atoms with Crippen molar-refractivity contribution in [3.8, 4) is 0 Å². The molecule has 0 bridgehead atoms. The number of hydrogen-bond donors (Lipinski definition) is 2. The van der Waals surface area contributed by atoms with E-state index in [0.29, 0.717) is 6.04 Å². The van der Waals surface area contributed by atoms with Crippen LogP contribution in [0, 0.1) is 5.92 Å². The van der Waals surface area contributed by atoms with E-state index in [9.17, 15) is 5.11 Å². The molecule has 2 aliphatic rings. The van der Waals surface area contributed by atoms with Gasteiger partial charge in [0, 0.05) is 19.1 Å². The molecule has 76 valence electrons. The van der Waals surface area contributed by atoms with Gasteiger partial charge in [0.1, 0.15) is 0 Å². The highest BCUT2D eigenvalue weighted by molar-refractivity contribution is 4.86. The number of nitrogens with zero attached hydrogens (tertiary/aromatic N) is 1. The lowest BCUT2D eigenvalue weighted by Crippen LogP contribution is -2.38. The summed E-state index contributed by atoms with van der Waals surface area (Å²) in [6.45, 7) is 6.60. The summed E-state index contributed by atoms with van der Waals surface area (Å²) in [5.74, 6) is 0.797. The molecule has 2 aliphatic heterocycles. The highest BCUT2D eigenvalue weighted by Gasteiger charge is 2.30. The molecule has 0 aromatic rings. The number of rotatable bonds is 2. The van der Waals surface area contributed by atoms with Crippen LogP contribution >= 0.6 is 0 Å². The fraction of sp³-hybridized carbons (Fsp3) is 1.00. The van der Waals surface area contributed by atoms with Crippen LogP contribution in [0.2, 0.25) is 0 Å². The Morgan fingerprint density at radius 2 is 2.31 bits per heavy atom. The second-order valence-electron chi connectivity index (χ2n) is 4.43. The SMILES string of the molecule is C[C@H]([C@H]1CCNC1)N1CC[C@@H](O)C1. The van der Waals surface area contributed by atoms with Gasteiger partial charge in [0.2, 0.25) is 0 Å². The van der Waals surface area contributed by atoms with E-state index in [0.717, 1.165) is 32.0 Å². The average Bonchev–Trinajstić information content (AvgIpc) is 2.72. The number of hydrogen-bond acceptors (Lipinski definition) is 3. The van der Waals surface area contributed by atoms with E-state index in [2.05, 4.69) is 17.1 Å². The van der Waals surface area contributed by atoms with Crippen LogP contribution in [0.25, 0.3) is 0 Å². The topological polar surface area (TPSA) is 35.5 Å². The molecule has 0 aliphatic carbocycles. The van der Waals surface area contributed by atoms with Gasteiger partial charge >= 0.3 is 0 Å². The Morgan fingerprint density at radius 1 is 1.46 bits per heavy atom. The van der Waals surface area contributed by atoms with Crippen LogP contribution in [0.15, 0.2) is 0 Å². The number of likely N-dealkylation sites (tertiary alicyclic amines) is 1. The molecule has 0 saturated carbocycles. The minimum Gasteiger partial charge on any atom is -0.392 e. The van der Waals surface area contributed by atoms with Crippen molar-refractivity contribution in [2.45, 2.75) is 31.9 Å². The van der Waals surface area contributed by atoms with Crippen molar-refractivity contribution < 1.29 is 5.11 Å². The summed E-state index contributed by atoms with van der Waals surface area (Å²) in [5.41, 5.74) is 0. The number of nitrogens with one attached hydrogen (secondary N) is 1. The summed E-state index contributed by atoms with van der Waals surface area (Å²) in [5, 5.41) is 12.8. The summed E-state index contributed by atoms with van der Waals surface area (Å²) in [6, 6.07) is 0.646. The van der Waals surface area contributed by atoms with Crippen LogP contribution < -0.4 is 5.32 Å². The van der Waals surface area contributed by atoms with Gasteiger partial charge in [-0.2, -0.15) is 0 Å². The maximum atomic E-state index is 9.43. The second-order valence-corrected chi connectivity index (χ2v) is 4.43. The zero-order valence-electron chi connectivity index (χ0n) is 8.37. The first-order chi connectivity index (χ1) is 6.27. The minimum atomic E-state index is -0.0724. The molecule has 2 saturated heterocycles.